The molecule has 0 aromatic carbocycles. The van der Waals surface area contributed by atoms with Crippen molar-refractivity contribution >= 4 is 5.82 Å². The summed E-state index contributed by atoms with van der Waals surface area (Å²) in [6.07, 6.45) is 1.72. The Morgan fingerprint density at radius 2 is 2.08 bits per heavy atom. The van der Waals surface area contributed by atoms with Crippen molar-refractivity contribution < 1.29 is 0 Å². The second-order valence-electron chi connectivity index (χ2n) is 3.48. The van der Waals surface area contributed by atoms with E-state index in [1.165, 1.54) is 0 Å². The van der Waals surface area contributed by atoms with Crippen molar-refractivity contribution in [3.63, 3.8) is 0 Å². The highest BCUT2D eigenvalue weighted by Crippen LogP contribution is 2.20. The molecular weight excluding hydrogens is 164 g/mol. The van der Waals surface area contributed by atoms with E-state index in [0.29, 0.717) is 17.7 Å². The van der Waals surface area contributed by atoms with Crippen molar-refractivity contribution in [2.45, 2.75) is 26.7 Å². The van der Waals surface area contributed by atoms with Crippen LogP contribution >= 0.6 is 0 Å². The molecule has 3 N–H and O–H groups in total. The van der Waals surface area contributed by atoms with Crippen molar-refractivity contribution in [3.05, 3.63) is 18.1 Å². The number of hydrogen-bond donors (Lipinski definition) is 2. The highest BCUT2D eigenvalue weighted by atomic mass is 15.3. The zero-order chi connectivity index (χ0) is 9.84. The fourth-order valence-electron chi connectivity index (χ4n) is 0.972. The van der Waals surface area contributed by atoms with Crippen molar-refractivity contribution in [2.24, 2.45) is 11.8 Å². The summed E-state index contributed by atoms with van der Waals surface area (Å²) >= 11 is 0. The average molecular weight is 180 g/mol. The molecule has 0 aliphatic carbocycles. The molecule has 1 atom stereocenters. The third-order valence-electron chi connectivity index (χ3n) is 2.23. The second-order valence-corrected chi connectivity index (χ2v) is 3.48. The highest BCUT2D eigenvalue weighted by Gasteiger charge is 2.12. The number of nitrogens with zero attached hydrogens (tertiary/aromatic N) is 2. The summed E-state index contributed by atoms with van der Waals surface area (Å²) in [5.74, 6) is 7.65. The Morgan fingerprint density at radius 1 is 1.38 bits per heavy atom. The number of aromatic nitrogens is 2. The fourth-order valence-corrected chi connectivity index (χ4v) is 0.972. The van der Waals surface area contributed by atoms with Crippen LogP contribution < -0.4 is 11.3 Å². The molecule has 0 radical (unpaired) electrons. The van der Waals surface area contributed by atoms with Crippen molar-refractivity contribution in [1.82, 2.24) is 9.97 Å². The van der Waals surface area contributed by atoms with Crippen molar-refractivity contribution in [3.8, 4) is 0 Å². The van der Waals surface area contributed by atoms with Gasteiger partial charge >= 0.3 is 0 Å². The molecule has 1 aromatic heterocycles. The summed E-state index contributed by atoms with van der Waals surface area (Å²) in [7, 11) is 0. The third kappa shape index (κ3) is 2.39. The molecule has 0 fully saturated rings. The van der Waals surface area contributed by atoms with Gasteiger partial charge in [0.25, 0.3) is 0 Å². The molecule has 1 rings (SSSR count). The molecule has 0 spiro atoms. The van der Waals surface area contributed by atoms with Crippen LogP contribution in [-0.4, -0.2) is 9.97 Å². The van der Waals surface area contributed by atoms with Gasteiger partial charge in [0, 0.05) is 18.2 Å². The van der Waals surface area contributed by atoms with E-state index in [9.17, 15) is 0 Å². The quantitative estimate of drug-likeness (QED) is 0.547. The standard InChI is InChI=1S/C9H16N4/c1-6(2)7(3)9-11-5-4-8(12-9)13-10/h4-7H,10H2,1-3H3,(H,11,12,13). The zero-order valence-electron chi connectivity index (χ0n) is 8.28. The lowest BCUT2D eigenvalue weighted by atomic mass is 9.97. The van der Waals surface area contributed by atoms with Crippen LogP contribution in [0.5, 0.6) is 0 Å². The first-order chi connectivity index (χ1) is 6.15. The van der Waals surface area contributed by atoms with E-state index < -0.39 is 0 Å². The lowest BCUT2D eigenvalue weighted by Crippen LogP contribution is -2.12. The minimum atomic E-state index is 0.355. The van der Waals surface area contributed by atoms with E-state index in [-0.39, 0.29) is 0 Å². The minimum Gasteiger partial charge on any atom is -0.308 e. The minimum absolute atomic E-state index is 0.355. The SMILES string of the molecule is CC(C)C(C)c1nccc(NN)n1. The Bertz CT molecular complexity index is 272. The van der Waals surface area contributed by atoms with Gasteiger partial charge in [0.15, 0.2) is 0 Å². The van der Waals surface area contributed by atoms with E-state index in [4.69, 9.17) is 5.84 Å². The van der Waals surface area contributed by atoms with Gasteiger partial charge < -0.3 is 5.43 Å². The molecular formula is C9H16N4. The zero-order valence-corrected chi connectivity index (χ0v) is 8.28. The number of nitrogens with one attached hydrogen (secondary N) is 1. The van der Waals surface area contributed by atoms with E-state index >= 15 is 0 Å². The van der Waals surface area contributed by atoms with Crippen LogP contribution in [0, 0.1) is 5.92 Å². The number of nitrogens with two attached hydrogens (primary N) is 1. The van der Waals surface area contributed by atoms with Gasteiger partial charge in [-0.1, -0.05) is 20.8 Å². The Balaban J connectivity index is 2.88. The van der Waals surface area contributed by atoms with E-state index in [1.807, 2.05) is 0 Å². The Labute approximate surface area is 78.6 Å². The molecule has 1 unspecified atom stereocenters. The molecule has 0 saturated carbocycles. The lowest BCUT2D eigenvalue weighted by Gasteiger charge is -2.13. The maximum atomic E-state index is 5.25. The largest absolute Gasteiger partial charge is 0.308 e. The molecule has 4 nitrogen and oxygen atoms in total. The van der Waals surface area contributed by atoms with Gasteiger partial charge in [-0.2, -0.15) is 0 Å². The van der Waals surface area contributed by atoms with Crippen LogP contribution in [0.3, 0.4) is 0 Å². The summed E-state index contributed by atoms with van der Waals surface area (Å²) in [5.41, 5.74) is 2.51. The maximum Gasteiger partial charge on any atom is 0.143 e. The number of hydrogen-bond acceptors (Lipinski definition) is 4. The molecule has 72 valence electrons. The molecule has 0 amide bonds. The molecule has 0 saturated heterocycles. The molecule has 1 heterocycles. The molecule has 1 aromatic rings. The first-order valence-electron chi connectivity index (χ1n) is 4.44. The number of rotatable bonds is 3. The van der Waals surface area contributed by atoms with Crippen molar-refractivity contribution in [1.29, 1.82) is 0 Å². The van der Waals surface area contributed by atoms with Crippen molar-refractivity contribution in [2.75, 3.05) is 5.43 Å². The normalized spacial score (nSPS) is 13.0. The summed E-state index contributed by atoms with van der Waals surface area (Å²) in [5, 5.41) is 0. The maximum absolute atomic E-state index is 5.25. The molecule has 4 heteroatoms. The average Bonchev–Trinajstić information content (AvgIpc) is 2.16. The van der Waals surface area contributed by atoms with Gasteiger partial charge in [0.1, 0.15) is 11.6 Å². The summed E-state index contributed by atoms with van der Waals surface area (Å²) in [6.45, 7) is 6.41. The third-order valence-corrected chi connectivity index (χ3v) is 2.23. The monoisotopic (exact) mass is 180 g/mol. The fraction of sp³-hybridized carbons (Fsp3) is 0.556. The summed E-state index contributed by atoms with van der Waals surface area (Å²) in [6, 6.07) is 1.75. The van der Waals surface area contributed by atoms with Crippen LogP contribution in [0.1, 0.15) is 32.5 Å². The van der Waals surface area contributed by atoms with Crippen LogP contribution in [0.2, 0.25) is 0 Å². The Hall–Kier alpha value is -1.16. The Morgan fingerprint density at radius 3 is 2.62 bits per heavy atom. The van der Waals surface area contributed by atoms with Gasteiger partial charge in [0.2, 0.25) is 0 Å². The van der Waals surface area contributed by atoms with Crippen LogP contribution in [0.15, 0.2) is 12.3 Å². The first kappa shape index (κ1) is 9.92. The molecule has 0 aliphatic rings. The molecule has 13 heavy (non-hydrogen) atoms. The predicted octanol–water partition coefficient (Wildman–Crippen LogP) is 1.52. The van der Waals surface area contributed by atoms with E-state index in [0.717, 1.165) is 5.82 Å². The van der Waals surface area contributed by atoms with E-state index in [1.54, 1.807) is 12.3 Å². The summed E-state index contributed by atoms with van der Waals surface area (Å²) < 4.78 is 0. The number of hydrazine groups is 1. The number of anilines is 1. The first-order valence-corrected chi connectivity index (χ1v) is 4.44. The molecule has 0 aliphatic heterocycles. The predicted molar refractivity (Wildman–Crippen MR) is 53.1 cm³/mol. The topological polar surface area (TPSA) is 63.8 Å². The molecule has 0 bridgehead atoms. The van der Waals surface area contributed by atoms with Gasteiger partial charge in [-0.15, -0.1) is 0 Å². The van der Waals surface area contributed by atoms with Crippen LogP contribution in [-0.2, 0) is 0 Å². The number of nitrogen functional groups attached to an aromatic ring is 1. The van der Waals surface area contributed by atoms with Crippen LogP contribution in [0.4, 0.5) is 5.82 Å². The highest BCUT2D eigenvalue weighted by molar-refractivity contribution is 5.31. The van der Waals surface area contributed by atoms with Gasteiger partial charge in [0.05, 0.1) is 0 Å². The van der Waals surface area contributed by atoms with E-state index in [2.05, 4.69) is 36.2 Å². The van der Waals surface area contributed by atoms with Gasteiger partial charge in [-0.05, 0) is 5.92 Å². The lowest BCUT2D eigenvalue weighted by molar-refractivity contribution is 0.510. The van der Waals surface area contributed by atoms with Gasteiger partial charge in [-0.3, -0.25) is 0 Å². The van der Waals surface area contributed by atoms with Gasteiger partial charge in [-0.25, -0.2) is 15.8 Å². The Kier molecular flexibility index (Phi) is 3.19. The van der Waals surface area contributed by atoms with Crippen LogP contribution in [0.25, 0.3) is 0 Å². The summed E-state index contributed by atoms with van der Waals surface area (Å²) in [4.78, 5) is 8.47. The smallest absolute Gasteiger partial charge is 0.143 e. The second kappa shape index (κ2) is 4.18.